The number of nitrogens with one attached hydrogen (secondary N) is 1. The van der Waals surface area contributed by atoms with Crippen LogP contribution in [0.2, 0.25) is 0 Å². The van der Waals surface area contributed by atoms with E-state index in [1.54, 1.807) is 0 Å². The molecule has 0 saturated carbocycles. The van der Waals surface area contributed by atoms with Gasteiger partial charge in [0, 0.05) is 32.2 Å². The highest BCUT2D eigenvalue weighted by molar-refractivity contribution is 5.35. The van der Waals surface area contributed by atoms with Gasteiger partial charge in [-0.3, -0.25) is 4.90 Å². The van der Waals surface area contributed by atoms with Gasteiger partial charge < -0.3 is 10.1 Å². The van der Waals surface area contributed by atoms with Gasteiger partial charge in [-0.2, -0.15) is 0 Å². The summed E-state index contributed by atoms with van der Waals surface area (Å²) in [7, 11) is 0. The van der Waals surface area contributed by atoms with E-state index in [4.69, 9.17) is 4.74 Å². The minimum Gasteiger partial charge on any atom is -0.492 e. The summed E-state index contributed by atoms with van der Waals surface area (Å²) in [5.41, 5.74) is 2.51. The SMILES string of the molecule is Cc1ccc(OCC(C)N2CCNCC2)c(C)c1. The number of rotatable bonds is 4. The van der Waals surface area contributed by atoms with E-state index in [-0.39, 0.29) is 0 Å². The van der Waals surface area contributed by atoms with E-state index in [9.17, 15) is 0 Å². The van der Waals surface area contributed by atoms with E-state index in [2.05, 4.69) is 49.2 Å². The third-order valence-electron chi connectivity index (χ3n) is 3.59. The van der Waals surface area contributed by atoms with Crippen molar-refractivity contribution in [3.05, 3.63) is 29.3 Å². The molecule has 1 heterocycles. The lowest BCUT2D eigenvalue weighted by Crippen LogP contribution is -2.49. The van der Waals surface area contributed by atoms with Gasteiger partial charge in [0.05, 0.1) is 0 Å². The Kier molecular flexibility index (Phi) is 4.61. The van der Waals surface area contributed by atoms with E-state index in [0.29, 0.717) is 6.04 Å². The van der Waals surface area contributed by atoms with Gasteiger partial charge in [0.25, 0.3) is 0 Å². The number of piperazine rings is 1. The summed E-state index contributed by atoms with van der Waals surface area (Å²) in [5, 5.41) is 3.38. The second kappa shape index (κ2) is 6.21. The van der Waals surface area contributed by atoms with E-state index < -0.39 is 0 Å². The molecular formula is C15H24N2O. The van der Waals surface area contributed by atoms with Crippen LogP contribution in [0.3, 0.4) is 0 Å². The molecule has 1 aliphatic rings. The first kappa shape index (κ1) is 13.4. The first-order valence-corrected chi connectivity index (χ1v) is 6.81. The topological polar surface area (TPSA) is 24.5 Å². The predicted octanol–water partition coefficient (Wildman–Crippen LogP) is 1.98. The largest absolute Gasteiger partial charge is 0.492 e. The molecule has 1 saturated heterocycles. The zero-order valence-corrected chi connectivity index (χ0v) is 11.7. The fraction of sp³-hybridized carbons (Fsp3) is 0.600. The number of nitrogens with zero attached hydrogens (tertiary/aromatic N) is 1. The molecule has 3 heteroatoms. The molecule has 0 aromatic heterocycles. The standard InChI is InChI=1S/C15H24N2O/c1-12-4-5-15(13(2)10-12)18-11-14(3)17-8-6-16-7-9-17/h4-5,10,14,16H,6-9,11H2,1-3H3. The van der Waals surface area contributed by atoms with E-state index in [1.807, 2.05) is 0 Å². The van der Waals surface area contributed by atoms with Crippen LogP contribution < -0.4 is 10.1 Å². The van der Waals surface area contributed by atoms with Crippen LogP contribution >= 0.6 is 0 Å². The maximum Gasteiger partial charge on any atom is 0.122 e. The zero-order chi connectivity index (χ0) is 13.0. The Labute approximate surface area is 110 Å². The molecule has 0 amide bonds. The van der Waals surface area contributed by atoms with Crippen molar-refractivity contribution in [1.29, 1.82) is 0 Å². The Bertz CT molecular complexity index is 386. The summed E-state index contributed by atoms with van der Waals surface area (Å²) in [6.07, 6.45) is 0. The number of hydrogen-bond acceptors (Lipinski definition) is 3. The van der Waals surface area contributed by atoms with Crippen molar-refractivity contribution in [3.63, 3.8) is 0 Å². The number of hydrogen-bond donors (Lipinski definition) is 1. The van der Waals surface area contributed by atoms with Crippen LogP contribution in [0.4, 0.5) is 0 Å². The number of benzene rings is 1. The Morgan fingerprint density at radius 2 is 2.00 bits per heavy atom. The van der Waals surface area contributed by atoms with Crippen molar-refractivity contribution in [2.45, 2.75) is 26.8 Å². The lowest BCUT2D eigenvalue weighted by atomic mass is 10.1. The molecular weight excluding hydrogens is 224 g/mol. The highest BCUT2D eigenvalue weighted by atomic mass is 16.5. The first-order chi connectivity index (χ1) is 8.66. The van der Waals surface area contributed by atoms with Crippen molar-refractivity contribution in [2.24, 2.45) is 0 Å². The predicted molar refractivity (Wildman–Crippen MR) is 75.3 cm³/mol. The van der Waals surface area contributed by atoms with Crippen LogP contribution in [0.25, 0.3) is 0 Å². The molecule has 100 valence electrons. The molecule has 18 heavy (non-hydrogen) atoms. The van der Waals surface area contributed by atoms with Crippen LogP contribution in [-0.2, 0) is 0 Å². The molecule has 1 unspecified atom stereocenters. The van der Waals surface area contributed by atoms with Gasteiger partial charge >= 0.3 is 0 Å². The molecule has 0 radical (unpaired) electrons. The van der Waals surface area contributed by atoms with Gasteiger partial charge in [-0.15, -0.1) is 0 Å². The average molecular weight is 248 g/mol. The summed E-state index contributed by atoms with van der Waals surface area (Å²) in [6.45, 7) is 11.7. The maximum atomic E-state index is 5.94. The smallest absolute Gasteiger partial charge is 0.122 e. The molecule has 0 aliphatic carbocycles. The Balaban J connectivity index is 1.86. The average Bonchev–Trinajstić information content (AvgIpc) is 2.38. The monoisotopic (exact) mass is 248 g/mol. The molecule has 1 aromatic carbocycles. The molecule has 0 spiro atoms. The van der Waals surface area contributed by atoms with Crippen molar-refractivity contribution >= 4 is 0 Å². The lowest BCUT2D eigenvalue weighted by Gasteiger charge is -2.32. The molecule has 1 aromatic rings. The highest BCUT2D eigenvalue weighted by Gasteiger charge is 2.16. The lowest BCUT2D eigenvalue weighted by molar-refractivity contribution is 0.131. The Morgan fingerprint density at radius 3 is 2.67 bits per heavy atom. The summed E-state index contributed by atoms with van der Waals surface area (Å²) in [5.74, 6) is 1.02. The summed E-state index contributed by atoms with van der Waals surface area (Å²) in [4.78, 5) is 2.49. The van der Waals surface area contributed by atoms with Crippen molar-refractivity contribution < 1.29 is 4.74 Å². The molecule has 0 bridgehead atoms. The van der Waals surface area contributed by atoms with Crippen molar-refractivity contribution in [1.82, 2.24) is 10.2 Å². The molecule has 1 fully saturated rings. The van der Waals surface area contributed by atoms with Gasteiger partial charge in [-0.05, 0) is 32.4 Å². The van der Waals surface area contributed by atoms with Gasteiger partial charge in [-0.25, -0.2) is 0 Å². The van der Waals surface area contributed by atoms with Gasteiger partial charge in [0.2, 0.25) is 0 Å². The summed E-state index contributed by atoms with van der Waals surface area (Å²) in [6, 6.07) is 6.84. The van der Waals surface area contributed by atoms with Crippen LogP contribution in [-0.4, -0.2) is 43.7 Å². The van der Waals surface area contributed by atoms with E-state index in [0.717, 1.165) is 38.5 Å². The van der Waals surface area contributed by atoms with E-state index in [1.165, 1.54) is 11.1 Å². The van der Waals surface area contributed by atoms with Crippen LogP contribution in [0.5, 0.6) is 5.75 Å². The molecule has 3 nitrogen and oxygen atoms in total. The maximum absolute atomic E-state index is 5.94. The minimum atomic E-state index is 0.479. The number of aryl methyl sites for hydroxylation is 2. The van der Waals surface area contributed by atoms with Crippen LogP contribution in [0.1, 0.15) is 18.1 Å². The Hall–Kier alpha value is -1.06. The van der Waals surface area contributed by atoms with Crippen molar-refractivity contribution in [2.75, 3.05) is 32.8 Å². The van der Waals surface area contributed by atoms with Gasteiger partial charge in [0.15, 0.2) is 0 Å². The fourth-order valence-electron chi connectivity index (χ4n) is 2.40. The fourth-order valence-corrected chi connectivity index (χ4v) is 2.40. The summed E-state index contributed by atoms with van der Waals surface area (Å²) >= 11 is 0. The van der Waals surface area contributed by atoms with Crippen molar-refractivity contribution in [3.8, 4) is 5.75 Å². The molecule has 2 rings (SSSR count). The zero-order valence-electron chi connectivity index (χ0n) is 11.7. The normalized spacial score (nSPS) is 18.6. The Morgan fingerprint density at radius 1 is 1.28 bits per heavy atom. The molecule has 1 atom stereocenters. The van der Waals surface area contributed by atoms with Crippen LogP contribution in [0.15, 0.2) is 18.2 Å². The second-order valence-corrected chi connectivity index (χ2v) is 5.21. The van der Waals surface area contributed by atoms with Crippen LogP contribution in [0, 0.1) is 13.8 Å². The molecule has 1 aliphatic heterocycles. The van der Waals surface area contributed by atoms with Gasteiger partial charge in [-0.1, -0.05) is 17.7 Å². The third-order valence-corrected chi connectivity index (χ3v) is 3.59. The van der Waals surface area contributed by atoms with Gasteiger partial charge in [0.1, 0.15) is 12.4 Å². The quantitative estimate of drug-likeness (QED) is 0.882. The minimum absolute atomic E-state index is 0.479. The summed E-state index contributed by atoms with van der Waals surface area (Å²) < 4.78 is 5.94. The number of ether oxygens (including phenoxy) is 1. The molecule has 1 N–H and O–H groups in total. The second-order valence-electron chi connectivity index (χ2n) is 5.21. The van der Waals surface area contributed by atoms with E-state index >= 15 is 0 Å². The highest BCUT2D eigenvalue weighted by Crippen LogP contribution is 2.19. The first-order valence-electron chi connectivity index (χ1n) is 6.81. The third kappa shape index (κ3) is 3.47.